The molecule has 376 valence electrons. The number of fused-ring (bicyclic) bond motifs is 4. The summed E-state index contributed by atoms with van der Waals surface area (Å²) < 4.78 is 30.8. The van der Waals surface area contributed by atoms with E-state index in [0.717, 1.165) is 24.8 Å². The maximum Gasteiger partial charge on any atom is 0.339 e. The highest BCUT2D eigenvalue weighted by atomic mass is 33.1. The van der Waals surface area contributed by atoms with Gasteiger partial charge in [0.1, 0.15) is 24.5 Å². The van der Waals surface area contributed by atoms with Crippen molar-refractivity contribution in [1.29, 1.82) is 0 Å². The molecule has 2 bridgehead atoms. The minimum Gasteiger partial charge on any atom is -0.478 e. The molecule has 0 aromatic heterocycles. The number of hydrogen-bond acceptors (Lipinski definition) is 20. The Bertz CT molecular complexity index is 1870. The number of carbonyl (C=O) groups excluding carboxylic acids is 1. The number of hydrogen-bond donors (Lipinski definition) is 12. The molecular formula is C44H67N5O16S2. The molecule has 0 aromatic rings. The summed E-state index contributed by atoms with van der Waals surface area (Å²) in [5.74, 6) is -6.54. The van der Waals surface area contributed by atoms with E-state index in [4.69, 9.17) is 29.4 Å². The van der Waals surface area contributed by atoms with Crippen molar-refractivity contribution < 1.29 is 79.2 Å². The number of nitrogens with one attached hydrogen (secondary N) is 2. The average Bonchev–Trinajstić information content (AvgIpc) is 3.70. The molecule has 12 atom stereocenters. The number of guanidine groups is 1. The van der Waals surface area contributed by atoms with Crippen LogP contribution in [-0.4, -0.2) is 188 Å². The first-order valence-electron chi connectivity index (χ1n) is 22.8. The Morgan fingerprint density at radius 3 is 2.51 bits per heavy atom. The molecule has 6 aliphatic rings. The van der Waals surface area contributed by atoms with Crippen LogP contribution in [0.5, 0.6) is 0 Å². The number of likely N-dealkylation sites (N-methyl/N-ethyl adjacent to an activating group) is 1. The molecule has 0 amide bonds. The molecule has 4 heterocycles. The lowest BCUT2D eigenvalue weighted by Gasteiger charge is -2.48. The van der Waals surface area contributed by atoms with Gasteiger partial charge in [0.2, 0.25) is 12.1 Å². The van der Waals surface area contributed by atoms with Crippen molar-refractivity contribution in [1.82, 2.24) is 15.5 Å². The number of carbonyl (C=O) groups is 2. The van der Waals surface area contributed by atoms with Gasteiger partial charge in [0.25, 0.3) is 0 Å². The monoisotopic (exact) mass is 985 g/mol. The summed E-state index contributed by atoms with van der Waals surface area (Å²) in [5.41, 5.74) is 7.67. The number of nitrogens with zero attached hydrogens (tertiary/aromatic N) is 2. The zero-order valence-electron chi connectivity index (χ0n) is 37.5. The van der Waals surface area contributed by atoms with Gasteiger partial charge in [-0.15, -0.1) is 0 Å². The summed E-state index contributed by atoms with van der Waals surface area (Å²) in [6.45, 7) is -1.82. The Kier molecular flexibility index (Phi) is 19.8. The van der Waals surface area contributed by atoms with Crippen molar-refractivity contribution >= 4 is 39.5 Å². The van der Waals surface area contributed by atoms with Crippen LogP contribution in [0.4, 0.5) is 0 Å². The van der Waals surface area contributed by atoms with Gasteiger partial charge in [0, 0.05) is 55.8 Å². The van der Waals surface area contributed by atoms with Gasteiger partial charge in [0.15, 0.2) is 18.4 Å². The van der Waals surface area contributed by atoms with E-state index in [9.17, 15) is 55.5 Å². The fraction of sp³-hybridized carbons (Fsp3) is 0.705. The SMILES string of the molecule is CN[C@@H](CO)O[C@H]1[C@H](O[C@@H]2OC=C3C(=O)O[C@@H]4CC[C@@H](CO)[C@H]4CSSC[C@H](CO)N4C=C(C(=O)O)C(NC(N)=NCCCO)=C(/C=C/[C@H]3[C@H]2C=C2CCCCC2)C4)O[C@H](CO)[C@@H](O)C1(O)O. The van der Waals surface area contributed by atoms with Crippen molar-refractivity contribution in [3.8, 4) is 0 Å². The van der Waals surface area contributed by atoms with Crippen molar-refractivity contribution in [3.05, 3.63) is 58.7 Å². The number of carboxylic acids is 1. The minimum atomic E-state index is -3.09. The molecule has 2 aliphatic carbocycles. The maximum absolute atomic E-state index is 14.7. The van der Waals surface area contributed by atoms with Crippen molar-refractivity contribution in [2.75, 3.05) is 64.7 Å². The molecule has 3 fully saturated rings. The smallest absolute Gasteiger partial charge is 0.339 e. The first-order valence-corrected chi connectivity index (χ1v) is 25.3. The molecule has 0 aromatic carbocycles. The van der Waals surface area contributed by atoms with Crippen molar-refractivity contribution in [3.63, 3.8) is 0 Å². The molecule has 13 N–H and O–H groups in total. The van der Waals surface area contributed by atoms with Gasteiger partial charge in [-0.05, 0) is 63.5 Å². The third-order valence-corrected chi connectivity index (χ3v) is 15.6. The molecular weight excluding hydrogens is 919 g/mol. The highest BCUT2D eigenvalue weighted by Crippen LogP contribution is 2.43. The second-order valence-electron chi connectivity index (χ2n) is 17.5. The van der Waals surface area contributed by atoms with Crippen LogP contribution in [0.15, 0.2) is 63.7 Å². The van der Waals surface area contributed by atoms with E-state index < -0.39 is 92.0 Å². The predicted molar refractivity (Wildman–Crippen MR) is 245 cm³/mol. The van der Waals surface area contributed by atoms with E-state index in [1.807, 2.05) is 6.08 Å². The number of aliphatic carboxylic acids is 1. The fourth-order valence-corrected chi connectivity index (χ4v) is 12.0. The first-order chi connectivity index (χ1) is 32.3. The lowest BCUT2D eigenvalue weighted by Crippen LogP contribution is -2.69. The van der Waals surface area contributed by atoms with E-state index in [0.29, 0.717) is 49.2 Å². The molecule has 0 radical (unpaired) electrons. The normalized spacial score (nSPS) is 33.9. The number of aliphatic hydroxyl groups is 8. The molecule has 67 heavy (non-hydrogen) atoms. The van der Waals surface area contributed by atoms with Crippen LogP contribution in [0.1, 0.15) is 51.4 Å². The Morgan fingerprint density at radius 1 is 1.07 bits per heavy atom. The summed E-state index contributed by atoms with van der Waals surface area (Å²) >= 11 is 0. The standard InChI is InChI=1S/C44H67N5O16S2/c1-46-35(20-54)64-38-42(63-34(19-53)37(55)44(38,59)60)65-41-29(14-24-6-3-2-4-7-24)28-10-8-25-15-49(16-30(39(56)57)36(25)48-43(45)47-12-5-13-50)27(18-52)22-66-67-23-32-26(17-51)9-11-33(32)62-40(58)31(28)21-61-41/h8,10,14,16,21,26-29,32-35,37-38,41-42,46,50-55,59-60H,2-7,9,11-13,15,17-20,22-23H2,1H3,(H,56,57)(H3,45,47,48)/b10-8+/t26-,27-,28-,29+,32+,33+,34+,35+,37+,38-,41-,42-/m0/s1. The van der Waals surface area contributed by atoms with Crippen molar-refractivity contribution in [2.24, 2.45) is 34.4 Å². The quantitative estimate of drug-likeness (QED) is 0.0180. The van der Waals surface area contributed by atoms with Crippen LogP contribution < -0.4 is 16.4 Å². The largest absolute Gasteiger partial charge is 0.478 e. The highest BCUT2D eigenvalue weighted by molar-refractivity contribution is 8.76. The number of esters is 1. The number of aliphatic imine (C=N–C) groups is 1. The van der Waals surface area contributed by atoms with E-state index in [1.54, 1.807) is 17.1 Å². The van der Waals surface area contributed by atoms with Crippen LogP contribution in [0.3, 0.4) is 0 Å². The van der Waals surface area contributed by atoms with Gasteiger partial charge >= 0.3 is 11.9 Å². The molecule has 2 saturated carbocycles. The van der Waals surface area contributed by atoms with E-state index >= 15 is 0 Å². The Hall–Kier alpha value is -3.27. The molecule has 4 aliphatic heterocycles. The zero-order valence-corrected chi connectivity index (χ0v) is 39.1. The van der Waals surface area contributed by atoms with Crippen LogP contribution in [0.25, 0.3) is 0 Å². The van der Waals surface area contributed by atoms with Gasteiger partial charge in [-0.3, -0.25) is 10.3 Å². The lowest BCUT2D eigenvalue weighted by atomic mass is 9.80. The van der Waals surface area contributed by atoms with E-state index in [2.05, 4.69) is 15.6 Å². The molecule has 0 spiro atoms. The number of ether oxygens (including phenoxy) is 5. The summed E-state index contributed by atoms with van der Waals surface area (Å²) in [7, 11) is 4.44. The number of allylic oxidation sites excluding steroid dienone is 2. The van der Waals surface area contributed by atoms with Crippen molar-refractivity contribution in [2.45, 2.75) is 106 Å². The van der Waals surface area contributed by atoms with Gasteiger partial charge in [0.05, 0.1) is 54.9 Å². The second kappa shape index (κ2) is 25.0. The van der Waals surface area contributed by atoms with Crippen LogP contribution in [0, 0.1) is 23.7 Å². The van der Waals surface area contributed by atoms with E-state index in [-0.39, 0.29) is 67.5 Å². The zero-order chi connectivity index (χ0) is 48.3. The fourth-order valence-electron chi connectivity index (χ4n) is 9.24. The number of aliphatic hydroxyl groups excluding tert-OH is 6. The van der Waals surface area contributed by atoms with Gasteiger partial charge < -0.3 is 85.6 Å². The van der Waals surface area contributed by atoms with E-state index in [1.165, 1.54) is 41.1 Å². The average molecular weight is 986 g/mol. The number of rotatable bonds is 15. The number of carboxylic acid groups (broad SMARTS) is 1. The minimum absolute atomic E-state index is 0.0675. The lowest BCUT2D eigenvalue weighted by molar-refractivity contribution is -0.416. The second-order valence-corrected chi connectivity index (χ2v) is 20.0. The predicted octanol–water partition coefficient (Wildman–Crippen LogP) is -0.885. The molecule has 21 nitrogen and oxygen atoms in total. The summed E-state index contributed by atoms with van der Waals surface area (Å²) in [6.07, 6.45) is 3.09. The summed E-state index contributed by atoms with van der Waals surface area (Å²) in [6, 6.07) is -0.545. The third kappa shape index (κ3) is 12.9. The summed E-state index contributed by atoms with van der Waals surface area (Å²) in [5, 5.41) is 100. The van der Waals surface area contributed by atoms with Gasteiger partial charge in [-0.1, -0.05) is 51.8 Å². The van der Waals surface area contributed by atoms with Gasteiger partial charge in [-0.2, -0.15) is 0 Å². The Labute approximate surface area is 397 Å². The highest BCUT2D eigenvalue weighted by Gasteiger charge is 2.58. The third-order valence-electron chi connectivity index (χ3n) is 13.1. The maximum atomic E-state index is 14.7. The molecule has 6 rings (SSSR count). The Morgan fingerprint density at radius 2 is 1.84 bits per heavy atom. The van der Waals surface area contributed by atoms with Crippen LogP contribution in [0.2, 0.25) is 0 Å². The summed E-state index contributed by atoms with van der Waals surface area (Å²) in [4.78, 5) is 33.7. The van der Waals surface area contributed by atoms with Gasteiger partial charge in [-0.25, -0.2) is 9.59 Å². The molecule has 0 unspecified atom stereocenters. The van der Waals surface area contributed by atoms with Crippen LogP contribution >= 0.6 is 21.6 Å². The molecule has 1 saturated heterocycles. The van der Waals surface area contributed by atoms with Crippen LogP contribution in [-0.2, 0) is 33.3 Å². The Balaban J connectivity index is 1.51. The number of nitrogens with two attached hydrogens (primary N) is 1. The topological polar surface area (TPSA) is 328 Å². The molecule has 23 heteroatoms. The first kappa shape index (κ1) is 53.1.